The molecule has 0 N–H and O–H groups in total. The largest absolute Gasteiger partial charge is 0.337 e. The molecule has 0 bridgehead atoms. The Morgan fingerprint density at radius 1 is 1.04 bits per heavy atom. The van der Waals surface area contributed by atoms with Crippen LogP contribution in [-0.2, 0) is 9.84 Å². The van der Waals surface area contributed by atoms with Crippen LogP contribution in [0.4, 0.5) is 5.95 Å². The summed E-state index contributed by atoms with van der Waals surface area (Å²) in [5.41, 5.74) is 0.244. The van der Waals surface area contributed by atoms with E-state index in [2.05, 4.69) is 9.97 Å². The summed E-state index contributed by atoms with van der Waals surface area (Å²) in [5.74, 6) is 0.362. The van der Waals surface area contributed by atoms with Crippen LogP contribution in [0, 0.1) is 0 Å². The minimum atomic E-state index is -3.44. The van der Waals surface area contributed by atoms with Gasteiger partial charge in [0, 0.05) is 38.6 Å². The normalized spacial score (nSPS) is 15.2. The molecule has 0 spiro atoms. The molecule has 0 aliphatic carbocycles. The Bertz CT molecular complexity index is 847. The van der Waals surface area contributed by atoms with Crippen LogP contribution in [0.5, 0.6) is 0 Å². The second-order valence-corrected chi connectivity index (χ2v) is 7.97. The molecule has 0 saturated carbocycles. The van der Waals surface area contributed by atoms with Gasteiger partial charge >= 0.3 is 0 Å². The molecule has 3 rings (SSSR count). The van der Waals surface area contributed by atoms with E-state index in [-0.39, 0.29) is 22.1 Å². The Kier molecular flexibility index (Phi) is 4.98. The number of anilines is 1. The molecule has 7 nitrogen and oxygen atoms in total. The molecule has 1 amide bonds. The Balaban J connectivity index is 1.76. The lowest BCUT2D eigenvalue weighted by atomic mass is 10.2. The van der Waals surface area contributed by atoms with E-state index in [1.165, 1.54) is 6.07 Å². The maximum absolute atomic E-state index is 12.8. The molecule has 1 saturated heterocycles. The third-order valence-corrected chi connectivity index (χ3v) is 6.02. The van der Waals surface area contributed by atoms with E-state index in [9.17, 15) is 13.2 Å². The third kappa shape index (κ3) is 3.63. The minimum Gasteiger partial charge on any atom is -0.337 e. The van der Waals surface area contributed by atoms with Crippen LogP contribution >= 0.6 is 0 Å². The van der Waals surface area contributed by atoms with Gasteiger partial charge < -0.3 is 9.80 Å². The van der Waals surface area contributed by atoms with Crippen molar-refractivity contribution in [3.05, 3.63) is 48.3 Å². The zero-order valence-electron chi connectivity index (χ0n) is 14.0. The summed E-state index contributed by atoms with van der Waals surface area (Å²) < 4.78 is 24.5. The molecule has 2 aromatic rings. The predicted octanol–water partition coefficient (Wildman–Crippen LogP) is 1.23. The van der Waals surface area contributed by atoms with Gasteiger partial charge in [-0.05, 0) is 18.2 Å². The lowest BCUT2D eigenvalue weighted by molar-refractivity contribution is 0.0742. The lowest BCUT2D eigenvalue weighted by Crippen LogP contribution is -2.49. The molecule has 2 heterocycles. The Morgan fingerprint density at radius 3 is 2.32 bits per heavy atom. The number of carbonyl (C=O) groups is 1. The predicted molar refractivity (Wildman–Crippen MR) is 94.3 cm³/mol. The molecule has 0 radical (unpaired) electrons. The van der Waals surface area contributed by atoms with Gasteiger partial charge in [-0.15, -0.1) is 0 Å². The van der Waals surface area contributed by atoms with Gasteiger partial charge in [0.15, 0.2) is 9.84 Å². The van der Waals surface area contributed by atoms with E-state index < -0.39 is 9.84 Å². The molecule has 0 unspecified atom stereocenters. The monoisotopic (exact) mass is 360 g/mol. The fraction of sp³-hybridized carbons (Fsp3) is 0.353. The highest BCUT2D eigenvalue weighted by molar-refractivity contribution is 7.91. The van der Waals surface area contributed by atoms with Gasteiger partial charge in [-0.2, -0.15) is 0 Å². The number of rotatable bonds is 4. The summed E-state index contributed by atoms with van der Waals surface area (Å²) >= 11 is 0. The molecule has 8 heteroatoms. The topological polar surface area (TPSA) is 83.5 Å². The molecular formula is C17H20N4O3S. The molecule has 132 valence electrons. The minimum absolute atomic E-state index is 0.0313. The fourth-order valence-corrected chi connectivity index (χ4v) is 3.89. The average Bonchev–Trinajstić information content (AvgIpc) is 2.68. The quantitative estimate of drug-likeness (QED) is 0.816. The van der Waals surface area contributed by atoms with E-state index in [1.54, 1.807) is 48.5 Å². The number of amides is 1. The van der Waals surface area contributed by atoms with Gasteiger partial charge in [-0.1, -0.05) is 19.1 Å². The summed E-state index contributed by atoms with van der Waals surface area (Å²) in [7, 11) is -3.44. The summed E-state index contributed by atoms with van der Waals surface area (Å²) in [6.45, 7) is 3.79. The maximum atomic E-state index is 12.8. The number of hydrogen-bond acceptors (Lipinski definition) is 6. The van der Waals surface area contributed by atoms with Gasteiger partial charge in [0.2, 0.25) is 5.95 Å². The number of benzene rings is 1. The summed E-state index contributed by atoms with van der Waals surface area (Å²) in [5, 5.41) is 0. The Labute approximate surface area is 147 Å². The zero-order chi connectivity index (χ0) is 17.9. The van der Waals surface area contributed by atoms with E-state index in [4.69, 9.17) is 0 Å². The summed E-state index contributed by atoms with van der Waals surface area (Å²) in [6.07, 6.45) is 3.37. The summed E-state index contributed by atoms with van der Waals surface area (Å²) in [4.78, 5) is 25.1. The first-order chi connectivity index (χ1) is 12.0. The molecule has 1 fully saturated rings. The third-order valence-electron chi connectivity index (χ3n) is 4.23. The van der Waals surface area contributed by atoms with Crippen LogP contribution in [0.15, 0.2) is 47.6 Å². The SMILES string of the molecule is CCS(=O)(=O)c1ccccc1C(=O)N1CCN(c2ncccn2)CC1. The first kappa shape index (κ1) is 17.3. The van der Waals surface area contributed by atoms with Crippen molar-refractivity contribution in [3.8, 4) is 0 Å². The number of sulfone groups is 1. The Hall–Kier alpha value is -2.48. The van der Waals surface area contributed by atoms with Crippen LogP contribution in [0.25, 0.3) is 0 Å². The average molecular weight is 360 g/mol. The number of hydrogen-bond donors (Lipinski definition) is 0. The summed E-state index contributed by atoms with van der Waals surface area (Å²) in [6, 6.07) is 8.17. The van der Waals surface area contributed by atoms with Gasteiger partial charge in [0.25, 0.3) is 5.91 Å². The Morgan fingerprint density at radius 2 is 1.68 bits per heavy atom. The number of carbonyl (C=O) groups excluding carboxylic acids is 1. The van der Waals surface area contributed by atoms with Crippen LogP contribution in [0.1, 0.15) is 17.3 Å². The molecule has 1 aliphatic heterocycles. The van der Waals surface area contributed by atoms with Crippen molar-refractivity contribution in [2.24, 2.45) is 0 Å². The van der Waals surface area contributed by atoms with Crippen molar-refractivity contribution in [2.45, 2.75) is 11.8 Å². The van der Waals surface area contributed by atoms with Crippen molar-refractivity contribution in [1.82, 2.24) is 14.9 Å². The van der Waals surface area contributed by atoms with Crippen LogP contribution in [0.2, 0.25) is 0 Å². The van der Waals surface area contributed by atoms with E-state index in [0.717, 1.165) is 0 Å². The highest BCUT2D eigenvalue weighted by Crippen LogP contribution is 2.20. The molecule has 0 atom stereocenters. The van der Waals surface area contributed by atoms with Gasteiger partial charge in [0.05, 0.1) is 16.2 Å². The van der Waals surface area contributed by atoms with E-state index >= 15 is 0 Å². The number of nitrogens with zero attached hydrogens (tertiary/aromatic N) is 4. The lowest BCUT2D eigenvalue weighted by Gasteiger charge is -2.34. The van der Waals surface area contributed by atoms with Crippen LogP contribution < -0.4 is 4.90 Å². The van der Waals surface area contributed by atoms with E-state index in [1.807, 2.05) is 4.90 Å². The second-order valence-electron chi connectivity index (χ2n) is 5.73. The zero-order valence-corrected chi connectivity index (χ0v) is 14.8. The first-order valence-electron chi connectivity index (χ1n) is 8.16. The number of aromatic nitrogens is 2. The highest BCUT2D eigenvalue weighted by atomic mass is 32.2. The smallest absolute Gasteiger partial charge is 0.255 e. The molecule has 1 aliphatic rings. The van der Waals surface area contributed by atoms with E-state index in [0.29, 0.717) is 32.1 Å². The van der Waals surface area contributed by atoms with Gasteiger partial charge in [-0.3, -0.25) is 4.79 Å². The first-order valence-corrected chi connectivity index (χ1v) is 9.81. The fourth-order valence-electron chi connectivity index (χ4n) is 2.80. The molecule has 25 heavy (non-hydrogen) atoms. The van der Waals surface area contributed by atoms with Crippen LogP contribution in [0.3, 0.4) is 0 Å². The van der Waals surface area contributed by atoms with Gasteiger partial charge in [-0.25, -0.2) is 18.4 Å². The molecular weight excluding hydrogens is 340 g/mol. The van der Waals surface area contributed by atoms with Crippen molar-refractivity contribution < 1.29 is 13.2 Å². The van der Waals surface area contributed by atoms with Crippen LogP contribution in [-0.4, -0.2) is 61.1 Å². The number of piperazine rings is 1. The van der Waals surface area contributed by atoms with Crippen molar-refractivity contribution in [3.63, 3.8) is 0 Å². The van der Waals surface area contributed by atoms with Gasteiger partial charge in [0.1, 0.15) is 0 Å². The highest BCUT2D eigenvalue weighted by Gasteiger charge is 2.27. The van der Waals surface area contributed by atoms with Crippen molar-refractivity contribution in [1.29, 1.82) is 0 Å². The standard InChI is InChI=1S/C17H20N4O3S/c1-2-25(23,24)15-7-4-3-6-14(15)16(22)20-10-12-21(13-11-20)17-18-8-5-9-19-17/h3-9H,2,10-13H2,1H3. The molecule has 1 aromatic carbocycles. The molecule has 1 aromatic heterocycles. The van der Waals surface area contributed by atoms with Crippen molar-refractivity contribution >= 4 is 21.7 Å². The second kappa shape index (κ2) is 7.18. The van der Waals surface area contributed by atoms with Crippen molar-refractivity contribution in [2.75, 3.05) is 36.8 Å². The maximum Gasteiger partial charge on any atom is 0.255 e.